The Kier molecular flexibility index (Phi) is 10.5. The number of carbonyl (C=O) groups is 1. The second kappa shape index (κ2) is 10.9. The van der Waals surface area contributed by atoms with Crippen LogP contribution in [0.2, 0.25) is 0 Å². The Hall–Kier alpha value is -0.880. The molecule has 0 spiro atoms. The maximum atomic E-state index is 12.6. The summed E-state index contributed by atoms with van der Waals surface area (Å²) < 4.78 is 1.18. The fraction of sp³-hybridized carbons (Fsp3) is 0.529. The molecule has 1 aromatic carbocycles. The van der Waals surface area contributed by atoms with Crippen LogP contribution in [0.4, 0.5) is 0 Å². The first kappa shape index (κ1) is 23.1. The molecule has 0 unspecified atom stereocenters. The number of aromatic nitrogens is 1. The van der Waals surface area contributed by atoms with Crippen molar-refractivity contribution in [3.05, 3.63) is 29.3 Å². The number of hydrogen-bond donors (Lipinski definition) is 2. The van der Waals surface area contributed by atoms with E-state index in [0.29, 0.717) is 19.5 Å². The first-order chi connectivity index (χ1) is 10.6. The molecule has 2 aromatic rings. The summed E-state index contributed by atoms with van der Waals surface area (Å²) >= 11 is 1.69. The number of benzene rings is 1. The minimum atomic E-state index is -0.373. The predicted octanol–water partition coefficient (Wildman–Crippen LogP) is 3.95. The monoisotopic (exact) mass is 391 g/mol. The van der Waals surface area contributed by atoms with Gasteiger partial charge in [0.1, 0.15) is 0 Å². The zero-order chi connectivity index (χ0) is 16.0. The largest absolute Gasteiger partial charge is 0.356 e. The van der Waals surface area contributed by atoms with E-state index >= 15 is 0 Å². The molecule has 1 heterocycles. The minimum absolute atomic E-state index is 0. The van der Waals surface area contributed by atoms with E-state index in [9.17, 15) is 4.79 Å². The highest BCUT2D eigenvalue weighted by Crippen LogP contribution is 2.34. The fourth-order valence-corrected chi connectivity index (χ4v) is 3.79. The molecule has 7 heteroatoms. The van der Waals surface area contributed by atoms with Crippen LogP contribution < -0.4 is 11.1 Å². The van der Waals surface area contributed by atoms with Crippen LogP contribution in [-0.4, -0.2) is 24.0 Å². The molecular formula is C17H27Cl2N3OS. The number of nitrogens with zero attached hydrogens (tertiary/aromatic N) is 1. The van der Waals surface area contributed by atoms with Gasteiger partial charge in [0.15, 0.2) is 0 Å². The van der Waals surface area contributed by atoms with Crippen molar-refractivity contribution in [2.24, 2.45) is 11.1 Å². The Balaban J connectivity index is 0.00000264. The summed E-state index contributed by atoms with van der Waals surface area (Å²) in [6, 6.07) is 8.13. The molecule has 1 aromatic heterocycles. The first-order valence-electron chi connectivity index (χ1n) is 7.98. The molecule has 1 amide bonds. The predicted molar refractivity (Wildman–Crippen MR) is 108 cm³/mol. The van der Waals surface area contributed by atoms with Gasteiger partial charge in [-0.25, -0.2) is 4.98 Å². The summed E-state index contributed by atoms with van der Waals surface area (Å²) in [5.74, 6) is 0.130. The van der Waals surface area contributed by atoms with Gasteiger partial charge in [0.25, 0.3) is 0 Å². The lowest BCUT2D eigenvalue weighted by Crippen LogP contribution is -2.42. The van der Waals surface area contributed by atoms with Crippen LogP contribution in [0.1, 0.15) is 38.1 Å². The maximum absolute atomic E-state index is 12.6. The lowest BCUT2D eigenvalue weighted by molar-refractivity contribution is -0.131. The van der Waals surface area contributed by atoms with Crippen molar-refractivity contribution in [1.82, 2.24) is 10.3 Å². The average molecular weight is 392 g/mol. The van der Waals surface area contributed by atoms with Crippen molar-refractivity contribution in [3.63, 3.8) is 0 Å². The van der Waals surface area contributed by atoms with Gasteiger partial charge >= 0.3 is 0 Å². The third kappa shape index (κ3) is 5.31. The van der Waals surface area contributed by atoms with Crippen LogP contribution in [0.3, 0.4) is 0 Å². The Morgan fingerprint density at radius 2 is 1.92 bits per heavy atom. The van der Waals surface area contributed by atoms with Crippen LogP contribution in [0.15, 0.2) is 24.3 Å². The van der Waals surface area contributed by atoms with Crippen LogP contribution in [0.5, 0.6) is 0 Å². The number of nitrogens with two attached hydrogens (primary N) is 1. The van der Waals surface area contributed by atoms with Crippen molar-refractivity contribution in [2.75, 3.05) is 13.1 Å². The molecule has 0 saturated carbocycles. The quantitative estimate of drug-likeness (QED) is 0.669. The van der Waals surface area contributed by atoms with Crippen LogP contribution in [-0.2, 0) is 11.2 Å². The normalized spacial score (nSPS) is 10.8. The van der Waals surface area contributed by atoms with E-state index in [1.807, 2.05) is 18.2 Å². The lowest BCUT2D eigenvalue weighted by Gasteiger charge is -2.29. The molecule has 0 saturated heterocycles. The highest BCUT2D eigenvalue weighted by atomic mass is 35.5. The minimum Gasteiger partial charge on any atom is -0.356 e. The van der Waals surface area contributed by atoms with E-state index < -0.39 is 0 Å². The summed E-state index contributed by atoms with van der Waals surface area (Å²) in [7, 11) is 0. The third-order valence-electron chi connectivity index (χ3n) is 4.33. The molecule has 0 bridgehead atoms. The van der Waals surface area contributed by atoms with Gasteiger partial charge < -0.3 is 11.1 Å². The molecular weight excluding hydrogens is 365 g/mol. The van der Waals surface area contributed by atoms with Crippen molar-refractivity contribution < 1.29 is 4.79 Å². The SMILES string of the molecule is CCC(CC)(Cc1nc2ccccc2s1)C(=O)NCCCN.Cl.Cl. The lowest BCUT2D eigenvalue weighted by atomic mass is 9.78. The van der Waals surface area contributed by atoms with Crippen molar-refractivity contribution in [2.45, 2.75) is 39.5 Å². The van der Waals surface area contributed by atoms with Gasteiger partial charge in [0, 0.05) is 13.0 Å². The van der Waals surface area contributed by atoms with E-state index in [4.69, 9.17) is 10.7 Å². The summed E-state index contributed by atoms with van der Waals surface area (Å²) in [4.78, 5) is 17.3. The number of amides is 1. The molecule has 0 aliphatic rings. The van der Waals surface area contributed by atoms with Crippen LogP contribution in [0.25, 0.3) is 10.2 Å². The number of nitrogens with one attached hydrogen (secondary N) is 1. The molecule has 0 aliphatic heterocycles. The Morgan fingerprint density at radius 1 is 1.25 bits per heavy atom. The molecule has 0 atom stereocenters. The van der Waals surface area contributed by atoms with Gasteiger partial charge in [-0.3, -0.25) is 4.79 Å². The molecule has 4 nitrogen and oxygen atoms in total. The van der Waals surface area contributed by atoms with Gasteiger partial charge in [-0.15, -0.1) is 36.2 Å². The second-order valence-electron chi connectivity index (χ2n) is 5.64. The molecule has 0 fully saturated rings. The highest BCUT2D eigenvalue weighted by molar-refractivity contribution is 7.18. The summed E-state index contributed by atoms with van der Waals surface area (Å²) in [6.07, 6.45) is 3.14. The topological polar surface area (TPSA) is 68.0 Å². The van der Waals surface area contributed by atoms with Gasteiger partial charge in [-0.2, -0.15) is 0 Å². The number of hydrogen-bond acceptors (Lipinski definition) is 4. The number of halogens is 2. The van der Waals surface area contributed by atoms with Crippen LogP contribution in [0, 0.1) is 5.41 Å². The smallest absolute Gasteiger partial charge is 0.226 e. The number of rotatable bonds is 8. The van der Waals surface area contributed by atoms with E-state index in [-0.39, 0.29) is 36.1 Å². The molecule has 2 rings (SSSR count). The van der Waals surface area contributed by atoms with Crippen molar-refractivity contribution in [1.29, 1.82) is 0 Å². The Bertz CT molecular complexity index is 596. The second-order valence-corrected chi connectivity index (χ2v) is 6.75. The molecule has 24 heavy (non-hydrogen) atoms. The average Bonchev–Trinajstić information content (AvgIpc) is 2.95. The molecule has 3 N–H and O–H groups in total. The molecule has 0 radical (unpaired) electrons. The number of fused-ring (bicyclic) bond motifs is 1. The maximum Gasteiger partial charge on any atom is 0.226 e. The summed E-state index contributed by atoms with van der Waals surface area (Å²) in [5, 5.41) is 4.08. The highest BCUT2D eigenvalue weighted by Gasteiger charge is 2.35. The van der Waals surface area contributed by atoms with E-state index in [1.165, 1.54) is 4.70 Å². The van der Waals surface area contributed by atoms with Gasteiger partial charge in [-0.05, 0) is 37.9 Å². The summed E-state index contributed by atoms with van der Waals surface area (Å²) in [5.41, 5.74) is 6.14. The Labute approximate surface area is 160 Å². The van der Waals surface area contributed by atoms with E-state index in [1.54, 1.807) is 11.3 Å². The van der Waals surface area contributed by atoms with Gasteiger partial charge in [0.05, 0.1) is 20.6 Å². The standard InChI is InChI=1S/C17H25N3OS.2ClH/c1-3-17(4-2,16(21)19-11-7-10-18)12-15-20-13-8-5-6-9-14(13)22-15;;/h5-6,8-9H,3-4,7,10-12,18H2,1-2H3,(H,19,21);2*1H. The third-order valence-corrected chi connectivity index (χ3v) is 5.37. The van der Waals surface area contributed by atoms with Crippen LogP contribution >= 0.6 is 36.2 Å². The Morgan fingerprint density at radius 3 is 2.50 bits per heavy atom. The molecule has 136 valence electrons. The fourth-order valence-electron chi connectivity index (χ4n) is 2.68. The number of thiazole rings is 1. The summed E-state index contributed by atoms with van der Waals surface area (Å²) in [6.45, 7) is 5.42. The number of para-hydroxylation sites is 1. The first-order valence-corrected chi connectivity index (χ1v) is 8.79. The van der Waals surface area contributed by atoms with Gasteiger partial charge in [-0.1, -0.05) is 26.0 Å². The zero-order valence-corrected chi connectivity index (χ0v) is 16.7. The van der Waals surface area contributed by atoms with Crippen molar-refractivity contribution in [3.8, 4) is 0 Å². The van der Waals surface area contributed by atoms with Crippen molar-refractivity contribution >= 4 is 52.3 Å². The zero-order valence-electron chi connectivity index (χ0n) is 14.2. The van der Waals surface area contributed by atoms with E-state index in [2.05, 4.69) is 25.2 Å². The van der Waals surface area contributed by atoms with E-state index in [0.717, 1.165) is 29.8 Å². The molecule has 0 aliphatic carbocycles. The number of carbonyl (C=O) groups excluding carboxylic acids is 1. The van der Waals surface area contributed by atoms with Gasteiger partial charge in [0.2, 0.25) is 5.91 Å².